The normalized spacial score (nSPS) is 15.4. The van der Waals surface area contributed by atoms with Crippen molar-refractivity contribution in [2.75, 3.05) is 24.5 Å². The molecule has 178 valence electrons. The quantitative estimate of drug-likeness (QED) is 0.396. The summed E-state index contributed by atoms with van der Waals surface area (Å²) in [4.78, 5) is 24.6. The largest absolute Gasteiger partial charge is 0.442 e. The van der Waals surface area contributed by atoms with Crippen LogP contribution >= 0.6 is 0 Å². The summed E-state index contributed by atoms with van der Waals surface area (Å²) in [7, 11) is 0. The number of hydrogen-bond donors (Lipinski definition) is 3. The van der Waals surface area contributed by atoms with E-state index in [9.17, 15) is 14.0 Å². The number of aryl methyl sites for hydroxylation is 1. The number of rotatable bonds is 10. The van der Waals surface area contributed by atoms with Crippen molar-refractivity contribution in [1.29, 1.82) is 0 Å². The Morgan fingerprint density at radius 1 is 1.26 bits per heavy atom. The van der Waals surface area contributed by atoms with Crippen molar-refractivity contribution >= 4 is 17.7 Å². The average molecular weight is 467 g/mol. The van der Waals surface area contributed by atoms with Crippen molar-refractivity contribution in [3.8, 4) is 11.1 Å². The second-order valence-corrected chi connectivity index (χ2v) is 8.16. The Labute approximate surface area is 196 Å². The van der Waals surface area contributed by atoms with Crippen LogP contribution in [0.1, 0.15) is 24.6 Å². The lowest BCUT2D eigenvalue weighted by molar-refractivity contribution is -0.119. The van der Waals surface area contributed by atoms with Crippen LogP contribution in [0.2, 0.25) is 0 Å². The van der Waals surface area contributed by atoms with Gasteiger partial charge in [0.05, 0.1) is 30.7 Å². The zero-order valence-electron chi connectivity index (χ0n) is 18.9. The molecule has 34 heavy (non-hydrogen) atoms. The number of amides is 2. The summed E-state index contributed by atoms with van der Waals surface area (Å²) in [5, 5.41) is 16.4. The van der Waals surface area contributed by atoms with E-state index < -0.39 is 18.0 Å². The fraction of sp³-hybridized carbons (Fsp3) is 0.333. The minimum absolute atomic E-state index is 0.199. The second-order valence-electron chi connectivity index (χ2n) is 8.16. The van der Waals surface area contributed by atoms with Crippen molar-refractivity contribution in [3.63, 3.8) is 0 Å². The molecule has 3 N–H and O–H groups in total. The maximum atomic E-state index is 14.9. The van der Waals surface area contributed by atoms with Gasteiger partial charge in [0.1, 0.15) is 11.9 Å². The van der Waals surface area contributed by atoms with Crippen molar-refractivity contribution in [2.24, 2.45) is 0 Å². The molecule has 0 bridgehead atoms. The number of anilines is 1. The van der Waals surface area contributed by atoms with Gasteiger partial charge in [0.25, 0.3) is 0 Å². The van der Waals surface area contributed by atoms with E-state index in [-0.39, 0.29) is 19.0 Å². The smallest absolute Gasteiger partial charge is 0.414 e. The second kappa shape index (κ2) is 10.9. The Bertz CT molecular complexity index is 1120. The molecule has 2 amide bonds. The van der Waals surface area contributed by atoms with Crippen LogP contribution in [0.5, 0.6) is 0 Å². The highest BCUT2D eigenvalue weighted by Gasteiger charge is 2.32. The Balaban J connectivity index is 1.31. The Kier molecular flexibility index (Phi) is 7.48. The van der Waals surface area contributed by atoms with E-state index in [0.717, 1.165) is 42.8 Å². The molecule has 1 aliphatic heterocycles. The van der Waals surface area contributed by atoms with Gasteiger partial charge < -0.3 is 15.4 Å². The molecule has 1 atom stereocenters. The number of carbonyl (C=O) groups is 2. The first-order valence-electron chi connectivity index (χ1n) is 11.2. The summed E-state index contributed by atoms with van der Waals surface area (Å²) in [6, 6.07) is 12.4. The molecule has 1 aliphatic rings. The van der Waals surface area contributed by atoms with Gasteiger partial charge in [-0.25, -0.2) is 9.18 Å². The van der Waals surface area contributed by atoms with Gasteiger partial charge in [-0.15, -0.1) is 0 Å². The Morgan fingerprint density at radius 3 is 2.79 bits per heavy atom. The first-order chi connectivity index (χ1) is 16.5. The lowest BCUT2D eigenvalue weighted by Gasteiger charge is -2.15. The van der Waals surface area contributed by atoms with E-state index in [2.05, 4.69) is 26.0 Å². The topological polar surface area (TPSA) is 112 Å². The van der Waals surface area contributed by atoms with E-state index in [1.807, 2.05) is 24.3 Å². The number of aromatic amines is 1. The molecular formula is C24H27FN6O3. The van der Waals surface area contributed by atoms with E-state index in [4.69, 9.17) is 4.74 Å². The number of ether oxygens (including phenoxy) is 1. The maximum Gasteiger partial charge on any atom is 0.414 e. The third-order valence-corrected chi connectivity index (χ3v) is 5.56. The highest BCUT2D eigenvalue weighted by atomic mass is 19.1. The van der Waals surface area contributed by atoms with Gasteiger partial charge in [0.15, 0.2) is 0 Å². The number of cyclic esters (lactones) is 1. The monoisotopic (exact) mass is 466 g/mol. The molecule has 3 aromatic rings. The number of halogens is 1. The van der Waals surface area contributed by atoms with Crippen molar-refractivity contribution < 1.29 is 18.7 Å². The van der Waals surface area contributed by atoms with Gasteiger partial charge >= 0.3 is 6.09 Å². The van der Waals surface area contributed by atoms with E-state index >= 15 is 0 Å². The zero-order valence-corrected chi connectivity index (χ0v) is 18.9. The van der Waals surface area contributed by atoms with Gasteiger partial charge in [-0.3, -0.25) is 9.69 Å². The summed E-state index contributed by atoms with van der Waals surface area (Å²) in [5.74, 6) is -0.621. The minimum atomic E-state index is -0.555. The standard InChI is InChI=1S/C24H27FN6O3/c1-16(32)27-14-21-15-31(24(33)34-21)20-8-9-22(23(25)11-20)18-6-4-17(5-7-18)12-26-10-2-3-19-13-28-30-29-19/h4-9,11,13,21,26H,2-3,10,12,14-15H2,1H3,(H,27,32)(H,28,29,30). The van der Waals surface area contributed by atoms with Gasteiger partial charge in [-0.05, 0) is 48.7 Å². The van der Waals surface area contributed by atoms with Gasteiger partial charge in [0.2, 0.25) is 5.91 Å². The average Bonchev–Trinajstić information content (AvgIpc) is 3.47. The van der Waals surface area contributed by atoms with E-state index in [1.54, 1.807) is 18.3 Å². The van der Waals surface area contributed by atoms with Gasteiger partial charge in [-0.2, -0.15) is 15.4 Å². The Hall–Kier alpha value is -3.79. The Morgan fingerprint density at radius 2 is 2.09 bits per heavy atom. The first kappa shape index (κ1) is 23.4. The number of aromatic nitrogens is 3. The summed E-state index contributed by atoms with van der Waals surface area (Å²) < 4.78 is 20.2. The number of carbonyl (C=O) groups excluding carboxylic acids is 2. The predicted molar refractivity (Wildman–Crippen MR) is 125 cm³/mol. The number of hydrogen-bond acceptors (Lipinski definition) is 6. The molecule has 0 radical (unpaired) electrons. The SMILES string of the molecule is CC(=O)NCC1CN(c2ccc(-c3ccc(CNCCCc4cn[nH]n4)cc3)c(F)c2)C(=O)O1. The summed E-state index contributed by atoms with van der Waals surface area (Å²) in [5.41, 5.74) is 3.69. The highest BCUT2D eigenvalue weighted by Crippen LogP contribution is 2.29. The third-order valence-electron chi connectivity index (χ3n) is 5.56. The van der Waals surface area contributed by atoms with Crippen LogP contribution in [0, 0.1) is 5.82 Å². The van der Waals surface area contributed by atoms with Crippen molar-refractivity contribution in [3.05, 3.63) is 65.7 Å². The first-order valence-corrected chi connectivity index (χ1v) is 11.2. The fourth-order valence-corrected chi connectivity index (χ4v) is 3.78. The number of benzene rings is 2. The molecular weight excluding hydrogens is 439 g/mol. The van der Waals surface area contributed by atoms with Crippen LogP contribution in [0.4, 0.5) is 14.9 Å². The third kappa shape index (κ3) is 5.96. The number of H-pyrrole nitrogens is 1. The minimum Gasteiger partial charge on any atom is -0.442 e. The van der Waals surface area contributed by atoms with Crippen LogP contribution < -0.4 is 15.5 Å². The van der Waals surface area contributed by atoms with Crippen LogP contribution in [-0.2, 0) is 22.5 Å². The number of nitrogens with zero attached hydrogens (tertiary/aromatic N) is 3. The molecule has 0 spiro atoms. The maximum absolute atomic E-state index is 14.9. The summed E-state index contributed by atoms with van der Waals surface area (Å²) in [6.45, 7) is 3.44. The summed E-state index contributed by atoms with van der Waals surface area (Å²) in [6.07, 6.45) is 2.53. The van der Waals surface area contributed by atoms with Gasteiger partial charge in [-0.1, -0.05) is 24.3 Å². The number of nitrogens with one attached hydrogen (secondary N) is 3. The zero-order chi connectivity index (χ0) is 23.9. The molecule has 10 heteroatoms. The lowest BCUT2D eigenvalue weighted by atomic mass is 10.0. The molecule has 1 aromatic heterocycles. The van der Waals surface area contributed by atoms with Crippen molar-refractivity contribution in [2.45, 2.75) is 32.4 Å². The fourth-order valence-electron chi connectivity index (χ4n) is 3.78. The molecule has 1 fully saturated rings. The van der Waals surface area contributed by atoms with Crippen LogP contribution in [0.3, 0.4) is 0 Å². The van der Waals surface area contributed by atoms with E-state index in [1.165, 1.54) is 17.9 Å². The lowest BCUT2D eigenvalue weighted by Crippen LogP contribution is -2.33. The molecule has 2 aromatic carbocycles. The molecule has 9 nitrogen and oxygen atoms in total. The van der Waals surface area contributed by atoms with Crippen LogP contribution in [0.25, 0.3) is 11.1 Å². The highest BCUT2D eigenvalue weighted by molar-refractivity contribution is 5.90. The van der Waals surface area contributed by atoms with E-state index in [0.29, 0.717) is 11.3 Å². The molecule has 1 saturated heterocycles. The molecule has 0 saturated carbocycles. The predicted octanol–water partition coefficient (Wildman–Crippen LogP) is 2.79. The molecule has 4 rings (SSSR count). The summed E-state index contributed by atoms with van der Waals surface area (Å²) >= 11 is 0. The van der Waals surface area contributed by atoms with Crippen molar-refractivity contribution in [1.82, 2.24) is 26.0 Å². The molecule has 2 heterocycles. The van der Waals surface area contributed by atoms with Gasteiger partial charge in [0, 0.05) is 19.0 Å². The molecule has 0 aliphatic carbocycles. The van der Waals surface area contributed by atoms with Crippen LogP contribution in [-0.4, -0.2) is 53.1 Å². The molecule has 1 unspecified atom stereocenters. The van der Waals surface area contributed by atoms with Crippen LogP contribution in [0.15, 0.2) is 48.7 Å².